The Morgan fingerprint density at radius 1 is 0.723 bits per heavy atom. The summed E-state index contributed by atoms with van der Waals surface area (Å²) in [5.74, 6) is -10.6. The maximum Gasteiger partial charge on any atom is 0.317 e. The third-order valence-electron chi connectivity index (χ3n) is 17.2. The predicted octanol–water partition coefficient (Wildman–Crippen LogP) is 3.69. The summed E-state index contributed by atoms with van der Waals surface area (Å²) in [6.07, 6.45) is 7.52. The van der Waals surface area contributed by atoms with Crippen molar-refractivity contribution in [2.45, 2.75) is 115 Å². The molecule has 1 aromatic heterocycles. The number of aromatic nitrogens is 1. The molecule has 3 saturated heterocycles. The van der Waals surface area contributed by atoms with Crippen molar-refractivity contribution < 1.29 is 76.8 Å². The summed E-state index contributed by atoms with van der Waals surface area (Å²) in [6, 6.07) is 13.9. The molecule has 2 unspecified atom stereocenters. The molecular formula is C65H89F2IN12O14. The van der Waals surface area contributed by atoms with Crippen LogP contribution in [0.5, 0.6) is 5.75 Å². The second-order valence-electron chi connectivity index (χ2n) is 24.7. The average molecular weight is 1430 g/mol. The highest BCUT2D eigenvalue weighted by Crippen LogP contribution is 2.32. The van der Waals surface area contributed by atoms with Crippen LogP contribution in [-0.4, -0.2) is 245 Å². The first-order valence-corrected chi connectivity index (χ1v) is 33.3. The number of rotatable bonds is 32. The standard InChI is InChI=1S/C65H89F2IN12O14/c1-44(34-45(2)64(93)79-23-19-47(20-24-79)8-4-6-33-94-50-16-17-53-52(35-50)51(18-22-70-53)62(91)72-38-57(83)80-43-65(66,67)36-49(80)37-69)61(90)74-63(92)54(10-3-5-21-71-55(81)11-7-9-46-12-14-48(68)15-13-46)73-56(82)39-75-25-27-76(40-58(84)85)29-31-78(42-60(88)89)32-30-77(28-26-75)41-59(86)87/h12-18,22,35,44-45,47,49,54H,3-11,19-21,23-34,36,38-43H2,1-2H3,(H,71,81)(H,72,91)(H,73,82)(H,84,85)(H,86,87)(H,88,89)(H,74,90,92)/t44?,45?,49-,54+/m1/s1. The molecule has 3 aliphatic rings. The average Bonchev–Trinajstić information content (AvgIpc) is 1.91. The molecule has 0 radical (unpaired) electrons. The SMILES string of the molecule is CC(CC(C)C(=O)N1CCC(CCCCOc2ccc3nccc(C(=O)NCC(=O)N4CC(F)(F)C[C@@H]4C#N)c3c2)CC1)C(=O)NC(=O)[C@H](CCCCNC(=O)CCCc1ccc(I)cc1)NC(=O)CN1CCN(CC(=O)O)CCN(CC(=O)O)CCN(CC(=O)O)CC1. The Kier molecular flexibility index (Phi) is 30.6. The van der Waals surface area contributed by atoms with Gasteiger partial charge in [0.15, 0.2) is 0 Å². The lowest BCUT2D eigenvalue weighted by Gasteiger charge is -2.34. The van der Waals surface area contributed by atoms with Gasteiger partial charge >= 0.3 is 17.9 Å². The van der Waals surface area contributed by atoms with E-state index in [2.05, 4.69) is 48.8 Å². The molecule has 2 aromatic carbocycles. The molecule has 3 aromatic rings. The highest BCUT2D eigenvalue weighted by molar-refractivity contribution is 14.1. The van der Waals surface area contributed by atoms with E-state index >= 15 is 0 Å². The van der Waals surface area contributed by atoms with Gasteiger partial charge in [-0.1, -0.05) is 32.4 Å². The van der Waals surface area contributed by atoms with Crippen LogP contribution in [0.3, 0.4) is 0 Å². The van der Waals surface area contributed by atoms with Crippen LogP contribution in [0.4, 0.5) is 8.78 Å². The van der Waals surface area contributed by atoms with Crippen molar-refractivity contribution in [3.05, 3.63) is 69.4 Å². The number of carboxylic acids is 3. The van der Waals surface area contributed by atoms with Crippen molar-refractivity contribution >= 4 is 92.8 Å². The lowest BCUT2D eigenvalue weighted by molar-refractivity contribution is -0.140. The maximum atomic E-state index is 14.1. The zero-order chi connectivity index (χ0) is 68.3. The van der Waals surface area contributed by atoms with E-state index in [4.69, 9.17) is 4.74 Å². The van der Waals surface area contributed by atoms with Crippen molar-refractivity contribution in [2.24, 2.45) is 17.8 Å². The molecule has 7 amide bonds. The van der Waals surface area contributed by atoms with Crippen molar-refractivity contribution in [3.8, 4) is 11.8 Å². The molecule has 0 saturated carbocycles. The van der Waals surface area contributed by atoms with Crippen molar-refractivity contribution in [1.29, 1.82) is 5.26 Å². The zero-order valence-electron chi connectivity index (χ0n) is 53.5. The summed E-state index contributed by atoms with van der Waals surface area (Å²) in [6.45, 7) is 3.76. The van der Waals surface area contributed by atoms with Crippen molar-refractivity contribution in [2.75, 3.05) is 118 Å². The van der Waals surface area contributed by atoms with Gasteiger partial charge in [0, 0.05) is 112 Å². The number of nitrogens with one attached hydrogen (secondary N) is 4. The van der Waals surface area contributed by atoms with Gasteiger partial charge < -0.3 is 45.8 Å². The molecule has 3 fully saturated rings. The fourth-order valence-electron chi connectivity index (χ4n) is 11.9. The van der Waals surface area contributed by atoms with Gasteiger partial charge in [-0.2, -0.15) is 5.26 Å². The number of halogens is 3. The Hall–Kier alpha value is -7.53. The van der Waals surface area contributed by atoms with Gasteiger partial charge in [0.2, 0.25) is 35.4 Å². The number of fused-ring (bicyclic) bond motifs is 1. The summed E-state index contributed by atoms with van der Waals surface area (Å²) in [5, 5.41) is 49.3. The summed E-state index contributed by atoms with van der Waals surface area (Å²) in [5.41, 5.74) is 1.83. The summed E-state index contributed by atoms with van der Waals surface area (Å²) in [7, 11) is 0. The molecule has 7 N–H and O–H groups in total. The molecule has 26 nitrogen and oxygen atoms in total. The van der Waals surface area contributed by atoms with Gasteiger partial charge in [0.25, 0.3) is 11.8 Å². The fraction of sp³-hybridized carbons (Fsp3) is 0.600. The quantitative estimate of drug-likeness (QED) is 0.0346. The third kappa shape index (κ3) is 26.0. The number of aryl methyl sites for hydroxylation is 1. The van der Waals surface area contributed by atoms with Crippen LogP contribution in [0, 0.1) is 32.7 Å². The van der Waals surface area contributed by atoms with Crippen molar-refractivity contribution in [1.82, 2.24) is 55.7 Å². The molecule has 0 aliphatic carbocycles. The second-order valence-corrected chi connectivity index (χ2v) is 25.9. The molecule has 4 heterocycles. The number of piperidine rings is 1. The van der Waals surface area contributed by atoms with E-state index in [1.807, 2.05) is 24.3 Å². The molecule has 4 atom stereocenters. The van der Waals surface area contributed by atoms with Crippen LogP contribution in [0.2, 0.25) is 0 Å². The molecule has 94 heavy (non-hydrogen) atoms. The highest BCUT2D eigenvalue weighted by Gasteiger charge is 2.47. The number of unbranched alkanes of at least 4 members (excludes halogenated alkanes) is 2. The Morgan fingerprint density at radius 2 is 1.33 bits per heavy atom. The van der Waals surface area contributed by atoms with Gasteiger partial charge in [0.1, 0.15) is 17.8 Å². The fourth-order valence-corrected chi connectivity index (χ4v) is 12.3. The number of hydrogen-bond donors (Lipinski definition) is 7. The van der Waals surface area contributed by atoms with E-state index in [0.29, 0.717) is 74.5 Å². The number of carbonyl (C=O) groups is 10. The van der Waals surface area contributed by atoms with E-state index in [0.717, 1.165) is 52.6 Å². The van der Waals surface area contributed by atoms with Gasteiger partial charge in [-0.05, 0) is 135 Å². The Bertz CT molecular complexity index is 3100. The minimum atomic E-state index is -3.19. The number of carboxylic acid groups (broad SMARTS) is 3. The Labute approximate surface area is 559 Å². The number of nitrogens with zero attached hydrogens (tertiary/aromatic N) is 8. The normalized spacial score (nSPS) is 18.1. The molecule has 6 rings (SSSR count). The van der Waals surface area contributed by atoms with Gasteiger partial charge in [0.05, 0.1) is 63.0 Å². The van der Waals surface area contributed by atoms with Crippen LogP contribution >= 0.6 is 22.6 Å². The summed E-state index contributed by atoms with van der Waals surface area (Å²) >= 11 is 2.24. The molecule has 29 heteroatoms. The van der Waals surface area contributed by atoms with Crippen LogP contribution in [-0.2, 0) is 49.6 Å². The first kappa shape index (κ1) is 75.5. The highest BCUT2D eigenvalue weighted by atomic mass is 127. The zero-order valence-corrected chi connectivity index (χ0v) is 55.7. The number of pyridine rings is 1. The number of imide groups is 1. The van der Waals surface area contributed by atoms with Crippen molar-refractivity contribution in [3.63, 3.8) is 0 Å². The van der Waals surface area contributed by atoms with Gasteiger partial charge in [-0.3, -0.25) is 77.8 Å². The second kappa shape index (κ2) is 38.1. The summed E-state index contributed by atoms with van der Waals surface area (Å²) < 4.78 is 35.0. The number of likely N-dealkylation sites (tertiary alicyclic amines) is 2. The largest absolute Gasteiger partial charge is 0.494 e. The minimum Gasteiger partial charge on any atom is -0.494 e. The number of aliphatic carboxylic acids is 3. The molecule has 0 spiro atoms. The smallest absolute Gasteiger partial charge is 0.317 e. The molecule has 514 valence electrons. The van der Waals surface area contributed by atoms with Crippen LogP contribution in [0.1, 0.15) is 107 Å². The van der Waals surface area contributed by atoms with Gasteiger partial charge in [-0.25, -0.2) is 8.78 Å². The Balaban J connectivity index is 0.967. The van der Waals surface area contributed by atoms with Crippen LogP contribution in [0.25, 0.3) is 10.9 Å². The monoisotopic (exact) mass is 1430 g/mol. The number of ether oxygens (including phenoxy) is 1. The van der Waals surface area contributed by atoms with E-state index in [9.17, 15) is 77.3 Å². The third-order valence-corrected chi connectivity index (χ3v) is 17.9. The lowest BCUT2D eigenvalue weighted by Crippen LogP contribution is -2.53. The van der Waals surface area contributed by atoms with E-state index < -0.39 is 96.8 Å². The molecule has 0 bridgehead atoms. The topological polar surface area (TPSA) is 345 Å². The van der Waals surface area contributed by atoms with Gasteiger partial charge in [-0.15, -0.1) is 0 Å². The van der Waals surface area contributed by atoms with Crippen LogP contribution in [0.15, 0.2) is 54.7 Å². The lowest BCUT2D eigenvalue weighted by atomic mass is 9.90. The van der Waals surface area contributed by atoms with Crippen LogP contribution < -0.4 is 26.0 Å². The summed E-state index contributed by atoms with van der Waals surface area (Å²) in [4.78, 5) is 143. The van der Waals surface area contributed by atoms with E-state index in [1.54, 1.807) is 62.6 Å². The number of hydrogen-bond acceptors (Lipinski definition) is 17. The number of carbonyl (C=O) groups excluding carboxylic acids is 7. The van der Waals surface area contributed by atoms with E-state index in [1.165, 1.54) is 12.3 Å². The molecular weight excluding hydrogens is 1340 g/mol. The van der Waals surface area contributed by atoms with E-state index in [-0.39, 0.29) is 109 Å². The number of alkyl halides is 2. The predicted molar refractivity (Wildman–Crippen MR) is 349 cm³/mol. The first-order valence-electron chi connectivity index (χ1n) is 32.2. The Morgan fingerprint density at radius 3 is 1.93 bits per heavy atom. The number of benzene rings is 2. The minimum absolute atomic E-state index is 0.0950. The number of nitriles is 1. The first-order chi connectivity index (χ1) is 44.8. The number of amides is 7. The maximum absolute atomic E-state index is 14.1. The molecule has 3 aliphatic heterocycles.